The van der Waals surface area contributed by atoms with Crippen LogP contribution in [-0.4, -0.2) is 23.9 Å². The summed E-state index contributed by atoms with van der Waals surface area (Å²) in [5.74, 6) is 0.699. The normalized spacial score (nSPS) is 10.6. The molecule has 2 rings (SSSR count). The van der Waals surface area contributed by atoms with E-state index in [0.29, 0.717) is 17.9 Å². The van der Waals surface area contributed by atoms with E-state index in [1.165, 1.54) is 0 Å². The summed E-state index contributed by atoms with van der Waals surface area (Å²) in [6, 6.07) is 12.1. The predicted molar refractivity (Wildman–Crippen MR) is 88.9 cm³/mol. The van der Waals surface area contributed by atoms with E-state index in [1.54, 1.807) is 13.8 Å². The highest BCUT2D eigenvalue weighted by molar-refractivity contribution is 5.92. The highest BCUT2D eigenvalue weighted by Crippen LogP contribution is 2.25. The van der Waals surface area contributed by atoms with Crippen LogP contribution in [0.4, 0.5) is 5.88 Å². The molecule has 1 heterocycles. The summed E-state index contributed by atoms with van der Waals surface area (Å²) in [4.78, 5) is 14.3. The number of benzene rings is 1. The third kappa shape index (κ3) is 4.21. The summed E-state index contributed by atoms with van der Waals surface area (Å²) in [6.45, 7) is 7.29. The Morgan fingerprint density at radius 1 is 1.30 bits per heavy atom. The van der Waals surface area contributed by atoms with Crippen molar-refractivity contribution in [3.63, 3.8) is 0 Å². The van der Waals surface area contributed by atoms with Crippen LogP contribution in [-0.2, 0) is 11.3 Å². The molecule has 5 nitrogen and oxygen atoms in total. The number of furan rings is 1. The van der Waals surface area contributed by atoms with Gasteiger partial charge < -0.3 is 4.42 Å². The zero-order chi connectivity index (χ0) is 16.8. The maximum Gasteiger partial charge on any atom is 0.240 e. The van der Waals surface area contributed by atoms with Gasteiger partial charge in [0.2, 0.25) is 11.8 Å². The molecular formula is C18H21N3O2. The van der Waals surface area contributed by atoms with Crippen LogP contribution < -0.4 is 5.32 Å². The molecule has 120 valence electrons. The van der Waals surface area contributed by atoms with Gasteiger partial charge in [0.1, 0.15) is 17.4 Å². The molecule has 0 saturated heterocycles. The molecule has 0 aliphatic rings. The second kappa shape index (κ2) is 7.61. The van der Waals surface area contributed by atoms with Gasteiger partial charge in [-0.2, -0.15) is 5.26 Å². The standard InChI is InChI=1S/C18H21N3O2/c1-4-21(11-15-8-6-5-7-9-15)12-17(22)20-18-16(10-19)13(2)14(3)23-18/h5-9H,4,11-12H2,1-3H3,(H,20,22). The van der Waals surface area contributed by atoms with Crippen LogP contribution in [0.2, 0.25) is 0 Å². The van der Waals surface area contributed by atoms with Crippen molar-refractivity contribution in [1.29, 1.82) is 5.26 Å². The Hall–Kier alpha value is -2.58. The Kier molecular flexibility index (Phi) is 5.56. The van der Waals surface area contributed by atoms with Crippen molar-refractivity contribution in [2.75, 3.05) is 18.4 Å². The average Bonchev–Trinajstić information content (AvgIpc) is 2.81. The number of nitriles is 1. The number of hydrogen-bond donors (Lipinski definition) is 1. The highest BCUT2D eigenvalue weighted by atomic mass is 16.4. The molecule has 0 aliphatic carbocycles. The van der Waals surface area contributed by atoms with Crippen LogP contribution in [0.15, 0.2) is 34.7 Å². The second-order valence-electron chi connectivity index (χ2n) is 5.44. The Balaban J connectivity index is 2.01. The van der Waals surface area contributed by atoms with Crippen LogP contribution in [0, 0.1) is 25.2 Å². The number of nitrogens with one attached hydrogen (secondary N) is 1. The lowest BCUT2D eigenvalue weighted by Crippen LogP contribution is -2.32. The molecule has 0 atom stereocenters. The molecule has 0 fully saturated rings. The summed E-state index contributed by atoms with van der Waals surface area (Å²) in [6.07, 6.45) is 0. The predicted octanol–water partition coefficient (Wildman–Crippen LogP) is 3.23. The van der Waals surface area contributed by atoms with E-state index < -0.39 is 0 Å². The first-order chi connectivity index (χ1) is 11.0. The van der Waals surface area contributed by atoms with Crippen LogP contribution in [0.1, 0.15) is 29.4 Å². The quantitative estimate of drug-likeness (QED) is 0.889. The van der Waals surface area contributed by atoms with Crippen LogP contribution in [0.25, 0.3) is 0 Å². The minimum absolute atomic E-state index is 0.187. The van der Waals surface area contributed by atoms with Crippen molar-refractivity contribution in [1.82, 2.24) is 4.90 Å². The lowest BCUT2D eigenvalue weighted by molar-refractivity contribution is -0.117. The van der Waals surface area contributed by atoms with E-state index in [-0.39, 0.29) is 18.3 Å². The van der Waals surface area contributed by atoms with Crippen molar-refractivity contribution in [2.45, 2.75) is 27.3 Å². The van der Waals surface area contributed by atoms with Crippen LogP contribution in [0.3, 0.4) is 0 Å². The van der Waals surface area contributed by atoms with Gasteiger partial charge in [-0.15, -0.1) is 0 Å². The molecular weight excluding hydrogens is 290 g/mol. The topological polar surface area (TPSA) is 69.3 Å². The van der Waals surface area contributed by atoms with Crippen LogP contribution in [0.5, 0.6) is 0 Å². The lowest BCUT2D eigenvalue weighted by Gasteiger charge is -2.19. The largest absolute Gasteiger partial charge is 0.444 e. The number of carbonyl (C=O) groups is 1. The molecule has 0 aliphatic heterocycles. The van der Waals surface area contributed by atoms with Gasteiger partial charge in [0.15, 0.2) is 0 Å². The number of aryl methyl sites for hydroxylation is 1. The lowest BCUT2D eigenvalue weighted by atomic mass is 10.2. The molecule has 0 spiro atoms. The minimum atomic E-state index is -0.187. The molecule has 0 unspecified atom stereocenters. The van der Waals surface area contributed by atoms with Gasteiger partial charge in [-0.25, -0.2) is 0 Å². The zero-order valence-corrected chi connectivity index (χ0v) is 13.7. The van der Waals surface area contributed by atoms with Gasteiger partial charge in [0.05, 0.1) is 6.54 Å². The van der Waals surface area contributed by atoms with Crippen molar-refractivity contribution in [2.24, 2.45) is 0 Å². The summed E-state index contributed by atoms with van der Waals surface area (Å²) < 4.78 is 5.47. The SMILES string of the molecule is CCN(CC(=O)Nc1oc(C)c(C)c1C#N)Cc1ccccc1. The fourth-order valence-corrected chi connectivity index (χ4v) is 2.34. The third-order valence-electron chi connectivity index (χ3n) is 3.81. The minimum Gasteiger partial charge on any atom is -0.444 e. The molecule has 0 saturated carbocycles. The molecule has 0 bridgehead atoms. The number of carbonyl (C=O) groups excluding carboxylic acids is 1. The van der Waals surface area contributed by atoms with E-state index in [1.807, 2.05) is 42.2 Å². The number of amides is 1. The average molecular weight is 311 g/mol. The molecule has 1 aromatic heterocycles. The summed E-state index contributed by atoms with van der Waals surface area (Å²) in [5.41, 5.74) is 2.31. The van der Waals surface area contributed by atoms with Crippen LogP contribution >= 0.6 is 0 Å². The van der Waals surface area contributed by atoms with Gasteiger partial charge >= 0.3 is 0 Å². The fourth-order valence-electron chi connectivity index (χ4n) is 2.34. The highest BCUT2D eigenvalue weighted by Gasteiger charge is 2.17. The maximum atomic E-state index is 12.2. The first-order valence-corrected chi connectivity index (χ1v) is 7.61. The molecule has 1 aromatic carbocycles. The van der Waals surface area contributed by atoms with Gasteiger partial charge in [-0.3, -0.25) is 15.0 Å². The van der Waals surface area contributed by atoms with Gasteiger partial charge in [0.25, 0.3) is 0 Å². The zero-order valence-electron chi connectivity index (χ0n) is 13.7. The van der Waals surface area contributed by atoms with E-state index in [9.17, 15) is 10.1 Å². The maximum absolute atomic E-state index is 12.2. The van der Waals surface area contributed by atoms with Gasteiger partial charge in [-0.1, -0.05) is 37.3 Å². The van der Waals surface area contributed by atoms with E-state index in [2.05, 4.69) is 11.4 Å². The number of likely N-dealkylation sites (N-methyl/N-ethyl adjacent to an activating group) is 1. The van der Waals surface area contributed by atoms with Gasteiger partial charge in [-0.05, 0) is 26.0 Å². The Morgan fingerprint density at radius 3 is 2.61 bits per heavy atom. The first-order valence-electron chi connectivity index (χ1n) is 7.61. The second-order valence-corrected chi connectivity index (χ2v) is 5.44. The molecule has 23 heavy (non-hydrogen) atoms. The smallest absolute Gasteiger partial charge is 0.240 e. The molecule has 5 heteroatoms. The Labute approximate surface area is 136 Å². The van der Waals surface area contributed by atoms with Crippen molar-refractivity contribution in [3.05, 3.63) is 52.8 Å². The summed E-state index contributed by atoms with van der Waals surface area (Å²) in [7, 11) is 0. The summed E-state index contributed by atoms with van der Waals surface area (Å²) in [5, 5.41) is 11.9. The van der Waals surface area contributed by atoms with Crippen molar-refractivity contribution >= 4 is 11.8 Å². The molecule has 1 N–H and O–H groups in total. The summed E-state index contributed by atoms with van der Waals surface area (Å²) >= 11 is 0. The number of anilines is 1. The van der Waals surface area contributed by atoms with Crippen molar-refractivity contribution in [3.8, 4) is 6.07 Å². The fraction of sp³-hybridized carbons (Fsp3) is 0.333. The number of hydrogen-bond acceptors (Lipinski definition) is 4. The van der Waals surface area contributed by atoms with Crippen molar-refractivity contribution < 1.29 is 9.21 Å². The molecule has 2 aromatic rings. The monoisotopic (exact) mass is 311 g/mol. The molecule has 0 radical (unpaired) electrons. The third-order valence-corrected chi connectivity index (χ3v) is 3.81. The van der Waals surface area contributed by atoms with E-state index in [4.69, 9.17) is 4.42 Å². The van der Waals surface area contributed by atoms with E-state index >= 15 is 0 Å². The Bertz CT molecular complexity index is 714. The van der Waals surface area contributed by atoms with Gasteiger partial charge in [0, 0.05) is 12.1 Å². The first kappa shape index (κ1) is 16.8. The molecule has 1 amide bonds. The number of nitrogens with zero attached hydrogens (tertiary/aromatic N) is 2. The number of rotatable bonds is 6. The Morgan fingerprint density at radius 2 is 2.00 bits per heavy atom. The van der Waals surface area contributed by atoms with E-state index in [0.717, 1.165) is 17.7 Å².